The third-order valence-corrected chi connectivity index (χ3v) is 6.32. The fourth-order valence-electron chi connectivity index (χ4n) is 4.46. The summed E-state index contributed by atoms with van der Waals surface area (Å²) < 4.78 is 8.93. The molecule has 0 saturated heterocycles. The normalized spacial score (nSPS) is 13.4. The van der Waals surface area contributed by atoms with Crippen molar-refractivity contribution in [1.82, 2.24) is 14.3 Å². The van der Waals surface area contributed by atoms with Crippen LogP contribution in [0.25, 0.3) is 10.8 Å². The molecule has 0 bridgehead atoms. The monoisotopic (exact) mass is 449 g/mol. The lowest BCUT2D eigenvalue weighted by Crippen LogP contribution is -2.27. The lowest BCUT2D eigenvalue weighted by molar-refractivity contribution is 0.0468. The first kappa shape index (κ1) is 23.0. The Morgan fingerprint density at radius 2 is 1.82 bits per heavy atom. The van der Waals surface area contributed by atoms with Crippen molar-refractivity contribution in [2.24, 2.45) is 0 Å². The molecule has 1 aliphatic carbocycles. The Kier molecular flexibility index (Phi) is 6.77. The van der Waals surface area contributed by atoms with E-state index in [9.17, 15) is 14.4 Å². The van der Waals surface area contributed by atoms with E-state index in [1.54, 1.807) is 24.3 Å². The van der Waals surface area contributed by atoms with Crippen molar-refractivity contribution in [1.29, 1.82) is 0 Å². The summed E-state index contributed by atoms with van der Waals surface area (Å²) in [5.74, 6) is -0.932. The van der Waals surface area contributed by atoms with Crippen molar-refractivity contribution in [3.8, 4) is 0 Å². The van der Waals surface area contributed by atoms with Crippen LogP contribution in [0.15, 0.2) is 35.1 Å². The fraction of sp³-hybridized carbons (Fsp3) is 0.462. The first-order valence-corrected chi connectivity index (χ1v) is 11.8. The zero-order valence-electron chi connectivity index (χ0n) is 19.6. The van der Waals surface area contributed by atoms with Gasteiger partial charge >= 0.3 is 5.97 Å². The van der Waals surface area contributed by atoms with E-state index in [0.717, 1.165) is 49.9 Å². The molecule has 7 nitrogen and oxygen atoms in total. The van der Waals surface area contributed by atoms with Gasteiger partial charge in [0, 0.05) is 34.9 Å². The summed E-state index contributed by atoms with van der Waals surface area (Å²) in [5, 5.41) is 5.20. The molecule has 2 aromatic heterocycles. The molecule has 0 aliphatic heterocycles. The number of ketones is 1. The van der Waals surface area contributed by atoms with Gasteiger partial charge in [-0.3, -0.25) is 9.59 Å². The molecular weight excluding hydrogens is 418 g/mol. The molecule has 1 aromatic carbocycles. The number of esters is 1. The minimum Gasteiger partial charge on any atom is -0.452 e. The van der Waals surface area contributed by atoms with E-state index in [2.05, 4.69) is 16.6 Å². The van der Waals surface area contributed by atoms with Crippen molar-refractivity contribution in [3.63, 3.8) is 0 Å². The summed E-state index contributed by atoms with van der Waals surface area (Å²) in [6, 6.07) is 9.24. The highest BCUT2D eigenvalue weighted by atomic mass is 16.5. The smallest absolute Gasteiger partial charge is 0.359 e. The van der Waals surface area contributed by atoms with Crippen LogP contribution in [0.4, 0.5) is 0 Å². The number of Topliss-reactive ketones (excluding diaryl/α,β-unsaturated/α-hetero) is 1. The van der Waals surface area contributed by atoms with Gasteiger partial charge in [-0.25, -0.2) is 9.48 Å². The highest BCUT2D eigenvalue weighted by molar-refractivity contribution is 6.04. The van der Waals surface area contributed by atoms with E-state index in [-0.39, 0.29) is 23.6 Å². The van der Waals surface area contributed by atoms with Crippen LogP contribution in [0.1, 0.15) is 83.7 Å². The summed E-state index contributed by atoms with van der Waals surface area (Å²) in [4.78, 5) is 38.6. The van der Waals surface area contributed by atoms with Gasteiger partial charge in [0.2, 0.25) is 5.78 Å². The molecule has 0 atom stereocenters. The maximum atomic E-state index is 13.0. The first-order chi connectivity index (χ1) is 15.9. The molecule has 1 fully saturated rings. The SMILES string of the molecule is CCCCCCn1nc(C(=O)OCC(=O)c2cc(C)n(C3CC3)c2C)c2ccccc2c1=O. The van der Waals surface area contributed by atoms with E-state index in [1.807, 2.05) is 19.9 Å². The molecule has 0 N–H and O–H groups in total. The summed E-state index contributed by atoms with van der Waals surface area (Å²) in [7, 11) is 0. The quantitative estimate of drug-likeness (QED) is 0.253. The number of carbonyl (C=O) groups excluding carboxylic acids is 2. The van der Waals surface area contributed by atoms with E-state index in [4.69, 9.17) is 4.74 Å². The average molecular weight is 450 g/mol. The lowest BCUT2D eigenvalue weighted by atomic mass is 10.1. The van der Waals surface area contributed by atoms with Gasteiger partial charge in [-0.15, -0.1) is 0 Å². The van der Waals surface area contributed by atoms with Gasteiger partial charge in [-0.1, -0.05) is 44.4 Å². The van der Waals surface area contributed by atoms with Gasteiger partial charge in [-0.05, 0) is 45.2 Å². The number of hydrogen-bond acceptors (Lipinski definition) is 5. The van der Waals surface area contributed by atoms with Crippen LogP contribution >= 0.6 is 0 Å². The van der Waals surface area contributed by atoms with Crippen LogP contribution in [-0.2, 0) is 11.3 Å². The third kappa shape index (κ3) is 4.77. The number of benzene rings is 1. The number of fused-ring (bicyclic) bond motifs is 1. The zero-order valence-corrected chi connectivity index (χ0v) is 19.6. The lowest BCUT2D eigenvalue weighted by Gasteiger charge is -2.11. The largest absolute Gasteiger partial charge is 0.452 e. The first-order valence-electron chi connectivity index (χ1n) is 11.8. The molecule has 3 aromatic rings. The molecular formula is C26H31N3O4. The van der Waals surface area contributed by atoms with Gasteiger partial charge in [-0.2, -0.15) is 5.10 Å². The van der Waals surface area contributed by atoms with E-state index in [1.165, 1.54) is 4.68 Å². The Hall–Kier alpha value is -3.22. The zero-order chi connectivity index (χ0) is 23.5. The van der Waals surface area contributed by atoms with Crippen molar-refractivity contribution < 1.29 is 14.3 Å². The maximum absolute atomic E-state index is 13.0. The van der Waals surface area contributed by atoms with E-state index < -0.39 is 5.97 Å². The molecule has 0 spiro atoms. The molecule has 2 heterocycles. The molecule has 4 rings (SSSR count). The second kappa shape index (κ2) is 9.73. The van der Waals surface area contributed by atoms with Crippen LogP contribution < -0.4 is 5.56 Å². The number of nitrogens with zero attached hydrogens (tertiary/aromatic N) is 3. The number of aromatic nitrogens is 3. The number of aryl methyl sites for hydroxylation is 2. The van der Waals surface area contributed by atoms with Gasteiger partial charge in [0.25, 0.3) is 5.56 Å². The number of rotatable bonds is 10. The Bertz CT molecular complexity index is 1250. The Labute approximate surface area is 193 Å². The molecule has 174 valence electrons. The number of ether oxygens (including phenoxy) is 1. The van der Waals surface area contributed by atoms with E-state index >= 15 is 0 Å². The summed E-state index contributed by atoms with van der Waals surface area (Å²) in [6.07, 6.45) is 6.24. The van der Waals surface area contributed by atoms with Crippen molar-refractivity contribution >= 4 is 22.5 Å². The predicted octanol–water partition coefficient (Wildman–Crippen LogP) is 4.77. The highest BCUT2D eigenvalue weighted by Gasteiger charge is 2.28. The minimum atomic E-state index is -0.696. The number of hydrogen-bond donors (Lipinski definition) is 0. The van der Waals surface area contributed by atoms with Crippen molar-refractivity contribution in [2.45, 2.75) is 71.9 Å². The van der Waals surface area contributed by atoms with Gasteiger partial charge in [0.15, 0.2) is 12.3 Å². The number of carbonyl (C=O) groups is 2. The molecule has 7 heteroatoms. The van der Waals surface area contributed by atoms with E-state index in [0.29, 0.717) is 28.9 Å². The average Bonchev–Trinajstić information content (AvgIpc) is 3.60. The fourth-order valence-corrected chi connectivity index (χ4v) is 4.46. The van der Waals surface area contributed by atoms with Crippen molar-refractivity contribution in [3.05, 3.63) is 63.3 Å². The van der Waals surface area contributed by atoms with Gasteiger partial charge in [0.05, 0.1) is 5.39 Å². The summed E-state index contributed by atoms with van der Waals surface area (Å²) in [5.41, 5.74) is 2.40. The number of unbranched alkanes of at least 4 members (excludes halogenated alkanes) is 3. The predicted molar refractivity (Wildman–Crippen MR) is 127 cm³/mol. The van der Waals surface area contributed by atoms with Gasteiger partial charge < -0.3 is 9.30 Å². The Morgan fingerprint density at radius 3 is 2.52 bits per heavy atom. The molecule has 0 amide bonds. The Balaban J connectivity index is 1.54. The third-order valence-electron chi connectivity index (χ3n) is 6.32. The van der Waals surface area contributed by atoms with Crippen LogP contribution in [-0.4, -0.2) is 32.7 Å². The molecule has 1 aliphatic rings. The second-order valence-electron chi connectivity index (χ2n) is 8.87. The maximum Gasteiger partial charge on any atom is 0.359 e. The van der Waals surface area contributed by atoms with Gasteiger partial charge in [0.1, 0.15) is 0 Å². The summed E-state index contributed by atoms with van der Waals surface area (Å²) >= 11 is 0. The van der Waals surface area contributed by atoms with Crippen LogP contribution in [0.5, 0.6) is 0 Å². The topological polar surface area (TPSA) is 83.2 Å². The van der Waals surface area contributed by atoms with Crippen LogP contribution in [0, 0.1) is 13.8 Å². The molecule has 0 radical (unpaired) electrons. The molecule has 1 saturated carbocycles. The van der Waals surface area contributed by atoms with Crippen LogP contribution in [0.2, 0.25) is 0 Å². The van der Waals surface area contributed by atoms with Crippen molar-refractivity contribution in [2.75, 3.05) is 6.61 Å². The second-order valence-corrected chi connectivity index (χ2v) is 8.87. The standard InChI is InChI=1S/C26H31N3O4/c1-4-5-6-9-14-28-25(31)21-11-8-7-10-20(21)24(27-28)26(32)33-16-23(30)22-15-17(2)29(18(22)3)19-12-13-19/h7-8,10-11,15,19H,4-6,9,12-14,16H2,1-3H3. The summed E-state index contributed by atoms with van der Waals surface area (Å²) in [6.45, 7) is 6.13. The van der Waals surface area contributed by atoms with Crippen LogP contribution in [0.3, 0.4) is 0 Å². The highest BCUT2D eigenvalue weighted by Crippen LogP contribution is 2.38. The molecule has 33 heavy (non-hydrogen) atoms. The molecule has 0 unspecified atom stereocenters. The minimum absolute atomic E-state index is 0.0666. The Morgan fingerprint density at radius 1 is 1.09 bits per heavy atom.